The van der Waals surface area contributed by atoms with Crippen molar-refractivity contribution in [2.45, 2.75) is 0 Å². The van der Waals surface area contributed by atoms with E-state index in [-0.39, 0.29) is 5.91 Å². The van der Waals surface area contributed by atoms with Crippen molar-refractivity contribution in [1.82, 2.24) is 5.32 Å². The lowest BCUT2D eigenvalue weighted by Crippen LogP contribution is -2.17. The third-order valence-electron chi connectivity index (χ3n) is 1.65. The van der Waals surface area contributed by atoms with Gasteiger partial charge in [0.1, 0.15) is 5.82 Å². The molecule has 1 N–H and O–H groups in total. The summed E-state index contributed by atoms with van der Waals surface area (Å²) in [4.78, 5) is 11.1. The molecule has 0 aromatic heterocycles. The molecule has 3 heteroatoms. The fourth-order valence-electron chi connectivity index (χ4n) is 1.01. The molecule has 1 aromatic rings. The molecule has 13 heavy (non-hydrogen) atoms. The minimum Gasteiger partial charge on any atom is -0.355 e. The van der Waals surface area contributed by atoms with E-state index in [0.29, 0.717) is 11.1 Å². The lowest BCUT2D eigenvalue weighted by Gasteiger charge is -2.01. The van der Waals surface area contributed by atoms with Gasteiger partial charge in [-0.3, -0.25) is 4.79 Å². The van der Waals surface area contributed by atoms with Crippen molar-refractivity contribution in [2.75, 3.05) is 7.05 Å². The van der Waals surface area contributed by atoms with Crippen molar-refractivity contribution in [1.29, 1.82) is 0 Å². The molecule has 1 rings (SSSR count). The first kappa shape index (κ1) is 9.45. The quantitative estimate of drug-likeness (QED) is 0.737. The molecule has 0 heterocycles. The molecule has 1 amide bonds. The fourth-order valence-corrected chi connectivity index (χ4v) is 1.01. The van der Waals surface area contributed by atoms with Crippen LogP contribution in [0.2, 0.25) is 0 Å². The van der Waals surface area contributed by atoms with Crippen LogP contribution in [0.25, 0.3) is 6.08 Å². The molecule has 0 fully saturated rings. The summed E-state index contributed by atoms with van der Waals surface area (Å²) in [5.74, 6) is -0.737. The predicted octanol–water partition coefficient (Wildman–Crippen LogP) is 1.83. The molecule has 0 spiro atoms. The number of carbonyl (C=O) groups excluding carboxylic acids is 1. The van der Waals surface area contributed by atoms with E-state index in [4.69, 9.17) is 0 Å². The number of carbonyl (C=O) groups is 1. The van der Waals surface area contributed by atoms with Gasteiger partial charge in [-0.1, -0.05) is 12.7 Å². The number of nitrogens with one attached hydrogen (secondary N) is 1. The molecule has 2 nitrogen and oxygen atoms in total. The van der Waals surface area contributed by atoms with Crippen molar-refractivity contribution in [3.05, 3.63) is 41.7 Å². The molecule has 0 aliphatic heterocycles. The second-order valence-corrected chi connectivity index (χ2v) is 2.56. The third-order valence-corrected chi connectivity index (χ3v) is 1.65. The number of amides is 1. The summed E-state index contributed by atoms with van der Waals surface area (Å²) in [5.41, 5.74) is 0.899. The van der Waals surface area contributed by atoms with Crippen LogP contribution in [0.5, 0.6) is 0 Å². The van der Waals surface area contributed by atoms with Crippen LogP contribution in [0.4, 0.5) is 4.39 Å². The highest BCUT2D eigenvalue weighted by Gasteiger charge is 2.05. The monoisotopic (exact) mass is 179 g/mol. The normalized spacial score (nSPS) is 9.38. The zero-order valence-corrected chi connectivity index (χ0v) is 7.30. The van der Waals surface area contributed by atoms with Crippen molar-refractivity contribution in [2.24, 2.45) is 0 Å². The highest BCUT2D eigenvalue weighted by Crippen LogP contribution is 2.09. The Bertz CT molecular complexity index is 347. The van der Waals surface area contributed by atoms with Gasteiger partial charge < -0.3 is 5.32 Å². The molecule has 0 aliphatic carbocycles. The molecule has 0 radical (unpaired) electrons. The molecule has 0 saturated heterocycles. The van der Waals surface area contributed by atoms with E-state index in [2.05, 4.69) is 11.9 Å². The Hall–Kier alpha value is -1.64. The van der Waals surface area contributed by atoms with E-state index < -0.39 is 5.82 Å². The number of hydrogen-bond acceptors (Lipinski definition) is 1. The summed E-state index contributed by atoms with van der Waals surface area (Å²) in [7, 11) is 1.50. The van der Waals surface area contributed by atoms with Gasteiger partial charge in [-0.15, -0.1) is 0 Å². The Morgan fingerprint density at radius 3 is 2.77 bits per heavy atom. The maximum absolute atomic E-state index is 12.9. The Balaban J connectivity index is 3.15. The van der Waals surface area contributed by atoms with Crippen LogP contribution in [0.3, 0.4) is 0 Å². The summed E-state index contributed by atoms with van der Waals surface area (Å²) in [6, 6.07) is 4.08. The first-order valence-corrected chi connectivity index (χ1v) is 3.82. The molecular weight excluding hydrogens is 169 g/mol. The number of hydrogen-bond donors (Lipinski definition) is 1. The lowest BCUT2D eigenvalue weighted by molar-refractivity contribution is 0.0962. The Morgan fingerprint density at radius 1 is 1.54 bits per heavy atom. The molecule has 0 saturated carbocycles. The molecule has 0 unspecified atom stereocenters. The van der Waals surface area contributed by atoms with Gasteiger partial charge in [-0.05, 0) is 23.8 Å². The zero-order valence-electron chi connectivity index (χ0n) is 7.30. The molecule has 0 atom stereocenters. The molecule has 68 valence electrons. The van der Waals surface area contributed by atoms with Crippen LogP contribution in [-0.4, -0.2) is 13.0 Å². The largest absolute Gasteiger partial charge is 0.355 e. The van der Waals surface area contributed by atoms with Crippen molar-refractivity contribution in [3.8, 4) is 0 Å². The lowest BCUT2D eigenvalue weighted by atomic mass is 10.1. The fraction of sp³-hybridized carbons (Fsp3) is 0.100. The average Bonchev–Trinajstić information content (AvgIpc) is 2.15. The van der Waals surface area contributed by atoms with Gasteiger partial charge in [0, 0.05) is 12.6 Å². The van der Waals surface area contributed by atoms with Gasteiger partial charge in [0.2, 0.25) is 0 Å². The number of rotatable bonds is 2. The number of halogens is 1. The van der Waals surface area contributed by atoms with E-state index in [0.717, 1.165) is 0 Å². The van der Waals surface area contributed by atoms with E-state index in [9.17, 15) is 9.18 Å². The van der Waals surface area contributed by atoms with Crippen LogP contribution < -0.4 is 5.32 Å². The minimum atomic E-state index is -0.434. The van der Waals surface area contributed by atoms with Crippen LogP contribution in [-0.2, 0) is 0 Å². The topological polar surface area (TPSA) is 29.1 Å². The maximum atomic E-state index is 12.9. The second-order valence-electron chi connectivity index (χ2n) is 2.56. The molecule has 0 aliphatic rings. The summed E-state index contributed by atoms with van der Waals surface area (Å²) in [6.45, 7) is 3.50. The van der Waals surface area contributed by atoms with Crippen molar-refractivity contribution in [3.63, 3.8) is 0 Å². The molecular formula is C10H10FNO. The van der Waals surface area contributed by atoms with Gasteiger partial charge in [0.25, 0.3) is 5.91 Å². The van der Waals surface area contributed by atoms with Gasteiger partial charge in [-0.2, -0.15) is 0 Å². The Kier molecular flexibility index (Phi) is 2.80. The van der Waals surface area contributed by atoms with Crippen LogP contribution in [0.15, 0.2) is 24.8 Å². The highest BCUT2D eigenvalue weighted by molar-refractivity contribution is 5.94. The maximum Gasteiger partial charge on any atom is 0.251 e. The van der Waals surface area contributed by atoms with Crippen LogP contribution in [0, 0.1) is 5.82 Å². The van der Waals surface area contributed by atoms with Gasteiger partial charge in [0.15, 0.2) is 0 Å². The van der Waals surface area contributed by atoms with E-state index >= 15 is 0 Å². The van der Waals surface area contributed by atoms with Crippen LogP contribution in [0.1, 0.15) is 15.9 Å². The average molecular weight is 179 g/mol. The smallest absolute Gasteiger partial charge is 0.251 e. The summed E-state index contributed by atoms with van der Waals surface area (Å²) in [5, 5.41) is 2.42. The first-order valence-electron chi connectivity index (χ1n) is 3.82. The first-order chi connectivity index (χ1) is 6.17. The van der Waals surface area contributed by atoms with Crippen molar-refractivity contribution < 1.29 is 9.18 Å². The third kappa shape index (κ3) is 2.15. The number of benzene rings is 1. The molecule has 1 aromatic carbocycles. The van der Waals surface area contributed by atoms with E-state index in [1.807, 2.05) is 0 Å². The van der Waals surface area contributed by atoms with E-state index in [1.54, 1.807) is 6.07 Å². The standard InChI is InChI=1S/C10H10FNO/c1-3-7-4-8(10(13)12-2)6-9(11)5-7/h3-6H,1H2,2H3,(H,12,13). The molecule has 0 bridgehead atoms. The summed E-state index contributed by atoms with van der Waals surface area (Å²) < 4.78 is 12.9. The van der Waals surface area contributed by atoms with Crippen molar-refractivity contribution >= 4 is 12.0 Å². The van der Waals surface area contributed by atoms with Gasteiger partial charge >= 0.3 is 0 Å². The van der Waals surface area contributed by atoms with E-state index in [1.165, 1.54) is 25.3 Å². The van der Waals surface area contributed by atoms with Crippen LogP contribution >= 0.6 is 0 Å². The van der Waals surface area contributed by atoms with Gasteiger partial charge in [0.05, 0.1) is 0 Å². The SMILES string of the molecule is C=Cc1cc(F)cc(C(=O)NC)c1. The summed E-state index contributed by atoms with van der Waals surface area (Å²) >= 11 is 0. The second kappa shape index (κ2) is 3.85. The predicted molar refractivity (Wildman–Crippen MR) is 49.9 cm³/mol. The Morgan fingerprint density at radius 2 is 2.23 bits per heavy atom. The highest BCUT2D eigenvalue weighted by atomic mass is 19.1. The summed E-state index contributed by atoms with van der Waals surface area (Å²) in [6.07, 6.45) is 1.50. The minimum absolute atomic E-state index is 0.303. The van der Waals surface area contributed by atoms with Gasteiger partial charge in [-0.25, -0.2) is 4.39 Å². The Labute approximate surface area is 76.1 Å². The zero-order chi connectivity index (χ0) is 9.84.